The molecule has 2 aromatic carbocycles. The first-order chi connectivity index (χ1) is 16.2. The lowest BCUT2D eigenvalue weighted by Gasteiger charge is -2.20. The molecule has 184 valence electrons. The van der Waals surface area contributed by atoms with Crippen LogP contribution in [0, 0.1) is 13.8 Å². The number of nitrogens with one attached hydrogen (secondary N) is 2. The van der Waals surface area contributed by atoms with Gasteiger partial charge in [0.2, 0.25) is 21.8 Å². The molecular weight excluding hydrogens is 452 g/mol. The Morgan fingerprint density at radius 2 is 1.47 bits per heavy atom. The standard InChI is InChI=1S/C25H34N4O4S/c1-19-9-8-10-23(20(19)2)27-25(31)18-28(3)17-24(30)26-21-11-13-22(14-12-21)34(32,33)29-15-6-4-5-7-16-29/h8-14H,4-7,15-18H2,1-3H3,(H,26,30)(H,27,31). The van der Waals surface area contributed by atoms with E-state index < -0.39 is 10.0 Å². The molecule has 1 heterocycles. The van der Waals surface area contributed by atoms with Gasteiger partial charge in [0.15, 0.2) is 0 Å². The molecule has 1 saturated heterocycles. The molecule has 0 radical (unpaired) electrons. The number of rotatable bonds is 8. The third kappa shape index (κ3) is 6.88. The van der Waals surface area contributed by atoms with Crippen molar-refractivity contribution in [2.24, 2.45) is 0 Å². The van der Waals surface area contributed by atoms with Crippen LogP contribution in [-0.2, 0) is 19.6 Å². The molecule has 9 heteroatoms. The summed E-state index contributed by atoms with van der Waals surface area (Å²) >= 11 is 0. The molecule has 1 aliphatic rings. The minimum absolute atomic E-state index is 0.0219. The van der Waals surface area contributed by atoms with E-state index in [1.54, 1.807) is 28.4 Å². The summed E-state index contributed by atoms with van der Waals surface area (Å²) in [5.74, 6) is -0.489. The number of nitrogens with zero attached hydrogens (tertiary/aromatic N) is 2. The zero-order valence-electron chi connectivity index (χ0n) is 20.1. The van der Waals surface area contributed by atoms with E-state index >= 15 is 0 Å². The number of sulfonamides is 1. The Hall–Kier alpha value is -2.75. The Morgan fingerprint density at radius 3 is 2.09 bits per heavy atom. The van der Waals surface area contributed by atoms with Crippen LogP contribution in [0.15, 0.2) is 47.4 Å². The number of anilines is 2. The first-order valence-corrected chi connectivity index (χ1v) is 13.1. The first kappa shape index (κ1) is 25.9. The number of carbonyl (C=O) groups is 2. The second-order valence-corrected chi connectivity index (χ2v) is 10.8. The number of hydrogen-bond acceptors (Lipinski definition) is 5. The van der Waals surface area contributed by atoms with E-state index in [2.05, 4.69) is 10.6 Å². The van der Waals surface area contributed by atoms with Crippen LogP contribution < -0.4 is 10.6 Å². The fourth-order valence-electron chi connectivity index (χ4n) is 3.96. The van der Waals surface area contributed by atoms with Crippen LogP contribution in [0.3, 0.4) is 0 Å². The molecule has 0 bridgehead atoms. The molecule has 2 aromatic rings. The van der Waals surface area contributed by atoms with Gasteiger partial charge in [-0.2, -0.15) is 4.31 Å². The molecule has 8 nitrogen and oxygen atoms in total. The zero-order chi connectivity index (χ0) is 24.7. The third-order valence-electron chi connectivity index (χ3n) is 6.05. The van der Waals surface area contributed by atoms with Gasteiger partial charge in [-0.1, -0.05) is 25.0 Å². The van der Waals surface area contributed by atoms with E-state index in [0.717, 1.165) is 42.5 Å². The molecular formula is C25H34N4O4S. The van der Waals surface area contributed by atoms with Gasteiger partial charge < -0.3 is 10.6 Å². The van der Waals surface area contributed by atoms with Gasteiger partial charge in [0.25, 0.3) is 0 Å². The minimum Gasteiger partial charge on any atom is -0.325 e. The Balaban J connectivity index is 1.51. The normalized spacial score (nSPS) is 15.1. The van der Waals surface area contributed by atoms with Crippen molar-refractivity contribution in [2.45, 2.75) is 44.4 Å². The van der Waals surface area contributed by atoms with Crippen LogP contribution in [0.4, 0.5) is 11.4 Å². The molecule has 0 aliphatic carbocycles. The molecule has 2 N–H and O–H groups in total. The maximum absolute atomic E-state index is 12.9. The lowest BCUT2D eigenvalue weighted by molar-refractivity contribution is -0.119. The van der Waals surface area contributed by atoms with Gasteiger partial charge in [-0.15, -0.1) is 0 Å². The van der Waals surface area contributed by atoms with Gasteiger partial charge >= 0.3 is 0 Å². The molecule has 1 fully saturated rings. The number of aryl methyl sites for hydroxylation is 1. The summed E-state index contributed by atoms with van der Waals surface area (Å²) in [4.78, 5) is 26.6. The average molecular weight is 487 g/mol. The number of amides is 2. The lowest BCUT2D eigenvalue weighted by atomic mass is 10.1. The van der Waals surface area contributed by atoms with Crippen LogP contribution in [-0.4, -0.2) is 62.7 Å². The fourth-order valence-corrected chi connectivity index (χ4v) is 5.48. The summed E-state index contributed by atoms with van der Waals surface area (Å²) in [5.41, 5.74) is 3.37. The van der Waals surface area contributed by atoms with Crippen LogP contribution in [0.5, 0.6) is 0 Å². The van der Waals surface area contributed by atoms with Crippen molar-refractivity contribution in [1.82, 2.24) is 9.21 Å². The summed E-state index contributed by atoms with van der Waals surface area (Å²) in [5, 5.41) is 5.64. The van der Waals surface area contributed by atoms with Gasteiger partial charge in [0.1, 0.15) is 0 Å². The van der Waals surface area contributed by atoms with Crippen molar-refractivity contribution >= 4 is 33.2 Å². The number of hydrogen-bond donors (Lipinski definition) is 2. The Kier molecular flexibility index (Phi) is 8.82. The monoisotopic (exact) mass is 486 g/mol. The van der Waals surface area contributed by atoms with Crippen molar-refractivity contribution in [3.05, 3.63) is 53.6 Å². The molecule has 0 spiro atoms. The zero-order valence-corrected chi connectivity index (χ0v) is 21.0. The smallest absolute Gasteiger partial charge is 0.243 e. The predicted molar refractivity (Wildman–Crippen MR) is 134 cm³/mol. The quantitative estimate of drug-likeness (QED) is 0.596. The summed E-state index contributed by atoms with van der Waals surface area (Å²) in [6, 6.07) is 12.0. The summed E-state index contributed by atoms with van der Waals surface area (Å²) in [6.45, 7) is 5.11. The highest BCUT2D eigenvalue weighted by atomic mass is 32.2. The highest BCUT2D eigenvalue weighted by Gasteiger charge is 2.25. The van der Waals surface area contributed by atoms with Crippen molar-refractivity contribution < 1.29 is 18.0 Å². The van der Waals surface area contributed by atoms with Crippen molar-refractivity contribution in [3.8, 4) is 0 Å². The molecule has 0 saturated carbocycles. The molecule has 0 atom stereocenters. The van der Waals surface area contributed by atoms with Crippen LogP contribution >= 0.6 is 0 Å². The van der Waals surface area contributed by atoms with Crippen molar-refractivity contribution in [2.75, 3.05) is 43.9 Å². The largest absolute Gasteiger partial charge is 0.325 e. The maximum atomic E-state index is 12.9. The average Bonchev–Trinajstić information content (AvgIpc) is 3.07. The van der Waals surface area contributed by atoms with Crippen LogP contribution in [0.1, 0.15) is 36.8 Å². The topological polar surface area (TPSA) is 98.8 Å². The Morgan fingerprint density at radius 1 is 0.882 bits per heavy atom. The van der Waals surface area contributed by atoms with Crippen molar-refractivity contribution in [1.29, 1.82) is 0 Å². The summed E-state index contributed by atoms with van der Waals surface area (Å²) in [7, 11) is -1.83. The maximum Gasteiger partial charge on any atom is 0.243 e. The van der Waals surface area contributed by atoms with Gasteiger partial charge in [0, 0.05) is 24.5 Å². The minimum atomic E-state index is -3.53. The van der Waals surface area contributed by atoms with E-state index in [4.69, 9.17) is 0 Å². The number of carbonyl (C=O) groups excluding carboxylic acids is 2. The summed E-state index contributed by atoms with van der Waals surface area (Å²) < 4.78 is 27.3. The van der Waals surface area contributed by atoms with Gasteiger partial charge in [0.05, 0.1) is 18.0 Å². The van der Waals surface area contributed by atoms with E-state index in [9.17, 15) is 18.0 Å². The molecule has 2 amide bonds. The second kappa shape index (κ2) is 11.6. The van der Waals surface area contributed by atoms with Gasteiger partial charge in [-0.3, -0.25) is 14.5 Å². The van der Waals surface area contributed by atoms with Crippen LogP contribution in [0.2, 0.25) is 0 Å². The molecule has 34 heavy (non-hydrogen) atoms. The van der Waals surface area contributed by atoms with E-state index in [1.807, 2.05) is 32.0 Å². The highest BCUT2D eigenvalue weighted by molar-refractivity contribution is 7.89. The SMILES string of the molecule is Cc1cccc(NC(=O)CN(C)CC(=O)Nc2ccc(S(=O)(=O)N3CCCCCC3)cc2)c1C. The lowest BCUT2D eigenvalue weighted by Crippen LogP contribution is -2.36. The number of likely N-dealkylation sites (N-methyl/N-ethyl adjacent to an activating group) is 1. The van der Waals surface area contributed by atoms with Crippen LogP contribution in [0.25, 0.3) is 0 Å². The third-order valence-corrected chi connectivity index (χ3v) is 7.96. The van der Waals surface area contributed by atoms with Gasteiger partial charge in [-0.25, -0.2) is 8.42 Å². The molecule has 0 aromatic heterocycles. The fraction of sp³-hybridized carbons (Fsp3) is 0.440. The Bertz CT molecular complexity index is 1110. The number of benzene rings is 2. The Labute approximate surface area is 202 Å². The summed E-state index contributed by atoms with van der Waals surface area (Å²) in [6.07, 6.45) is 3.87. The molecule has 3 rings (SSSR count). The second-order valence-electron chi connectivity index (χ2n) is 8.86. The van der Waals surface area contributed by atoms with E-state index in [1.165, 1.54) is 12.1 Å². The highest BCUT2D eigenvalue weighted by Crippen LogP contribution is 2.22. The molecule has 1 aliphatic heterocycles. The molecule has 0 unspecified atom stereocenters. The van der Waals surface area contributed by atoms with E-state index in [-0.39, 0.29) is 29.8 Å². The van der Waals surface area contributed by atoms with E-state index in [0.29, 0.717) is 18.8 Å². The first-order valence-electron chi connectivity index (χ1n) is 11.6. The van der Waals surface area contributed by atoms with Gasteiger partial charge in [-0.05, 0) is 75.2 Å². The predicted octanol–water partition coefficient (Wildman–Crippen LogP) is 3.38. The van der Waals surface area contributed by atoms with Crippen molar-refractivity contribution in [3.63, 3.8) is 0 Å².